The third-order valence-electron chi connectivity index (χ3n) is 4.46. The number of nitrogens with zero attached hydrogens (tertiary/aromatic N) is 1. The minimum absolute atomic E-state index is 0.298. The number of carboxylic acid groups (broad SMARTS) is 1. The molecule has 0 aromatic heterocycles. The topological polar surface area (TPSA) is 66.8 Å². The average molecular weight is 305 g/mol. The van der Waals surface area contributed by atoms with Crippen LogP contribution >= 0.6 is 0 Å². The van der Waals surface area contributed by atoms with Crippen LogP contribution in [0.1, 0.15) is 39.0 Å². The third-order valence-corrected chi connectivity index (χ3v) is 4.46. The maximum Gasteiger partial charge on any atom is 0.329 e. The van der Waals surface area contributed by atoms with Gasteiger partial charge in [0.15, 0.2) is 6.10 Å². The number of carbonyl (C=O) groups is 2. The zero-order valence-electron chi connectivity index (χ0n) is 13.1. The van der Waals surface area contributed by atoms with E-state index in [4.69, 9.17) is 4.74 Å². The van der Waals surface area contributed by atoms with E-state index in [0.29, 0.717) is 18.6 Å². The molecule has 120 valence electrons. The Morgan fingerprint density at radius 1 is 1.18 bits per heavy atom. The second-order valence-corrected chi connectivity index (χ2v) is 5.87. The maximum absolute atomic E-state index is 12.6. The lowest BCUT2D eigenvalue weighted by atomic mass is 9.80. The normalized spacial score (nSPS) is 18.3. The van der Waals surface area contributed by atoms with Crippen molar-refractivity contribution >= 4 is 11.9 Å². The molecule has 1 aromatic carbocycles. The molecule has 5 heteroatoms. The van der Waals surface area contributed by atoms with Crippen LogP contribution in [-0.2, 0) is 9.59 Å². The number of hydrogen-bond donors (Lipinski definition) is 1. The Kier molecular flexibility index (Phi) is 5.06. The number of amides is 1. The summed E-state index contributed by atoms with van der Waals surface area (Å²) in [5.41, 5.74) is -1.09. The second kappa shape index (κ2) is 6.81. The highest BCUT2D eigenvalue weighted by molar-refractivity contribution is 5.89. The first kappa shape index (κ1) is 16.3. The van der Waals surface area contributed by atoms with Crippen LogP contribution in [0.15, 0.2) is 30.3 Å². The summed E-state index contributed by atoms with van der Waals surface area (Å²) in [5.74, 6) is -0.618. The fourth-order valence-corrected chi connectivity index (χ4v) is 3.07. The van der Waals surface area contributed by atoms with Gasteiger partial charge in [-0.05, 0) is 31.9 Å². The maximum atomic E-state index is 12.6. The monoisotopic (exact) mass is 305 g/mol. The first-order valence-electron chi connectivity index (χ1n) is 7.70. The van der Waals surface area contributed by atoms with Crippen molar-refractivity contribution in [3.05, 3.63) is 30.3 Å². The van der Waals surface area contributed by atoms with E-state index in [9.17, 15) is 14.7 Å². The summed E-state index contributed by atoms with van der Waals surface area (Å²) in [6, 6.07) is 9.08. The SMILES string of the molecule is CC(Oc1ccccc1)C(=O)N(C)C1(C(=O)O)CCCCC1. The van der Waals surface area contributed by atoms with Crippen LogP contribution in [0.5, 0.6) is 5.75 Å². The Labute approximate surface area is 130 Å². The van der Waals surface area contributed by atoms with Gasteiger partial charge in [-0.25, -0.2) is 4.79 Å². The number of likely N-dealkylation sites (N-methyl/N-ethyl adjacent to an activating group) is 1. The molecule has 0 spiro atoms. The first-order valence-corrected chi connectivity index (χ1v) is 7.70. The smallest absolute Gasteiger partial charge is 0.329 e. The van der Waals surface area contributed by atoms with Gasteiger partial charge in [0.25, 0.3) is 5.91 Å². The summed E-state index contributed by atoms with van der Waals surface area (Å²) in [4.78, 5) is 25.7. The van der Waals surface area contributed by atoms with Gasteiger partial charge in [0.1, 0.15) is 11.3 Å². The van der Waals surface area contributed by atoms with Crippen molar-refractivity contribution < 1.29 is 19.4 Å². The summed E-state index contributed by atoms with van der Waals surface area (Å²) >= 11 is 0. The molecule has 22 heavy (non-hydrogen) atoms. The predicted molar refractivity (Wildman–Crippen MR) is 82.8 cm³/mol. The molecule has 0 bridgehead atoms. The van der Waals surface area contributed by atoms with Gasteiger partial charge in [0, 0.05) is 7.05 Å². The summed E-state index contributed by atoms with van der Waals surface area (Å²) in [6.45, 7) is 1.66. The van der Waals surface area contributed by atoms with E-state index in [1.807, 2.05) is 18.2 Å². The van der Waals surface area contributed by atoms with Crippen molar-refractivity contribution in [3.63, 3.8) is 0 Å². The largest absolute Gasteiger partial charge is 0.481 e. The van der Waals surface area contributed by atoms with Crippen LogP contribution in [0.3, 0.4) is 0 Å². The summed E-state index contributed by atoms with van der Waals surface area (Å²) in [5, 5.41) is 9.64. The molecular weight excluding hydrogens is 282 g/mol. The zero-order valence-corrected chi connectivity index (χ0v) is 13.1. The predicted octanol–water partition coefficient (Wildman–Crippen LogP) is 2.70. The number of benzene rings is 1. The molecule has 1 unspecified atom stereocenters. The van der Waals surface area contributed by atoms with Crippen LogP contribution < -0.4 is 4.74 Å². The van der Waals surface area contributed by atoms with Crippen molar-refractivity contribution in [1.29, 1.82) is 0 Å². The molecule has 1 aliphatic carbocycles. The van der Waals surface area contributed by atoms with Gasteiger partial charge in [-0.2, -0.15) is 0 Å². The fraction of sp³-hybridized carbons (Fsp3) is 0.529. The van der Waals surface area contributed by atoms with Crippen LogP contribution in [0.25, 0.3) is 0 Å². The lowest BCUT2D eigenvalue weighted by molar-refractivity contribution is -0.162. The van der Waals surface area contributed by atoms with E-state index in [-0.39, 0.29) is 5.91 Å². The number of carbonyl (C=O) groups excluding carboxylic acids is 1. The first-order chi connectivity index (χ1) is 10.5. The zero-order chi connectivity index (χ0) is 16.2. The van der Waals surface area contributed by atoms with Gasteiger partial charge < -0.3 is 14.7 Å². The second-order valence-electron chi connectivity index (χ2n) is 5.87. The number of carboxylic acids is 1. The van der Waals surface area contributed by atoms with Crippen molar-refractivity contribution in [2.24, 2.45) is 0 Å². The molecule has 1 fully saturated rings. The van der Waals surface area contributed by atoms with Crippen LogP contribution in [-0.4, -0.2) is 40.6 Å². The number of rotatable bonds is 5. The fourth-order valence-electron chi connectivity index (χ4n) is 3.07. The third kappa shape index (κ3) is 3.24. The summed E-state index contributed by atoms with van der Waals surface area (Å²) < 4.78 is 5.63. The lowest BCUT2D eigenvalue weighted by Gasteiger charge is -2.41. The molecule has 1 amide bonds. The Hall–Kier alpha value is -2.04. The molecular formula is C17H23NO4. The van der Waals surface area contributed by atoms with E-state index in [2.05, 4.69) is 0 Å². The highest BCUT2D eigenvalue weighted by Gasteiger charge is 2.46. The molecule has 0 saturated heterocycles. The molecule has 1 aromatic rings. The lowest BCUT2D eigenvalue weighted by Crippen LogP contribution is -2.58. The van der Waals surface area contributed by atoms with Crippen LogP contribution in [0.2, 0.25) is 0 Å². The Morgan fingerprint density at radius 2 is 1.77 bits per heavy atom. The van der Waals surface area contributed by atoms with E-state index in [1.165, 1.54) is 4.90 Å². The molecule has 2 rings (SSSR count). The van der Waals surface area contributed by atoms with E-state index >= 15 is 0 Å². The van der Waals surface area contributed by atoms with Gasteiger partial charge in [0.05, 0.1) is 0 Å². The van der Waals surface area contributed by atoms with Gasteiger partial charge in [-0.1, -0.05) is 37.5 Å². The Balaban J connectivity index is 2.11. The highest BCUT2D eigenvalue weighted by Crippen LogP contribution is 2.34. The molecule has 0 heterocycles. The average Bonchev–Trinajstić information content (AvgIpc) is 2.54. The summed E-state index contributed by atoms with van der Waals surface area (Å²) in [6.07, 6.45) is 2.97. The van der Waals surface area contributed by atoms with Gasteiger partial charge in [0.2, 0.25) is 0 Å². The summed E-state index contributed by atoms with van der Waals surface area (Å²) in [7, 11) is 1.58. The minimum atomic E-state index is -1.09. The van der Waals surface area contributed by atoms with Crippen LogP contribution in [0.4, 0.5) is 0 Å². The molecule has 0 aliphatic heterocycles. The van der Waals surface area contributed by atoms with Gasteiger partial charge in [-0.3, -0.25) is 4.79 Å². The molecule has 1 saturated carbocycles. The van der Waals surface area contributed by atoms with Crippen LogP contribution in [0, 0.1) is 0 Å². The van der Waals surface area contributed by atoms with Crippen molar-refractivity contribution in [3.8, 4) is 5.75 Å². The molecule has 5 nitrogen and oxygen atoms in total. The Morgan fingerprint density at radius 3 is 2.32 bits per heavy atom. The quantitative estimate of drug-likeness (QED) is 0.908. The van der Waals surface area contributed by atoms with E-state index in [0.717, 1.165) is 19.3 Å². The van der Waals surface area contributed by atoms with E-state index < -0.39 is 17.6 Å². The minimum Gasteiger partial charge on any atom is -0.481 e. The molecule has 1 aliphatic rings. The van der Waals surface area contributed by atoms with Gasteiger partial charge >= 0.3 is 5.97 Å². The van der Waals surface area contributed by atoms with Crippen molar-refractivity contribution in [2.45, 2.75) is 50.7 Å². The Bertz CT molecular complexity index is 523. The van der Waals surface area contributed by atoms with Crippen molar-refractivity contribution in [2.75, 3.05) is 7.05 Å². The number of hydrogen-bond acceptors (Lipinski definition) is 3. The standard InChI is InChI=1S/C17H23NO4/c1-13(22-14-9-5-3-6-10-14)15(19)18(2)17(16(20)21)11-7-4-8-12-17/h3,5-6,9-10,13H,4,7-8,11-12H2,1-2H3,(H,20,21). The molecule has 0 radical (unpaired) electrons. The highest BCUT2D eigenvalue weighted by atomic mass is 16.5. The number of para-hydroxylation sites is 1. The number of aliphatic carboxylic acids is 1. The molecule has 1 N–H and O–H groups in total. The van der Waals surface area contributed by atoms with E-state index in [1.54, 1.807) is 26.1 Å². The van der Waals surface area contributed by atoms with Crippen molar-refractivity contribution in [1.82, 2.24) is 4.90 Å². The molecule has 1 atom stereocenters. The number of ether oxygens (including phenoxy) is 1. The van der Waals surface area contributed by atoms with Gasteiger partial charge in [-0.15, -0.1) is 0 Å².